The fourth-order valence-electron chi connectivity index (χ4n) is 2.15. The molecule has 1 nitrogen and oxygen atoms in total. The maximum absolute atomic E-state index is 6.25. The summed E-state index contributed by atoms with van der Waals surface area (Å²) < 4.78 is 0. The third-order valence-electron chi connectivity index (χ3n) is 3.09. The fraction of sp³-hybridized carbons (Fsp3) is 0.333. The largest absolute Gasteiger partial charge is 0.324 e. The summed E-state index contributed by atoms with van der Waals surface area (Å²) in [5.74, 6) is 0. The van der Waals surface area contributed by atoms with E-state index in [1.165, 1.54) is 29.2 Å². The molecule has 0 unspecified atom stereocenters. The highest BCUT2D eigenvalue weighted by Crippen LogP contribution is 2.25. The lowest BCUT2D eigenvalue weighted by Crippen LogP contribution is -2.10. The minimum Gasteiger partial charge on any atom is -0.324 e. The molecule has 0 aromatic heterocycles. The van der Waals surface area contributed by atoms with Gasteiger partial charge in [-0.15, -0.1) is 0 Å². The zero-order valence-corrected chi connectivity index (χ0v) is 9.82. The standard InChI is InChI=1S/C15H19N/c1-2-3-11-15(16)14-10-6-8-12-7-4-5-9-13(12)14/h4-10,15H,2-3,11,16H2,1H3/t15-/m1/s1. The zero-order chi connectivity index (χ0) is 11.4. The Morgan fingerprint density at radius 2 is 1.81 bits per heavy atom. The van der Waals surface area contributed by atoms with Gasteiger partial charge in [0.25, 0.3) is 0 Å². The molecule has 2 rings (SSSR count). The van der Waals surface area contributed by atoms with E-state index in [9.17, 15) is 0 Å². The van der Waals surface area contributed by atoms with Gasteiger partial charge in [0, 0.05) is 6.04 Å². The van der Waals surface area contributed by atoms with Gasteiger partial charge in [-0.1, -0.05) is 62.2 Å². The third kappa shape index (κ3) is 2.25. The summed E-state index contributed by atoms with van der Waals surface area (Å²) in [4.78, 5) is 0. The number of unbranched alkanes of at least 4 members (excludes halogenated alkanes) is 1. The average Bonchev–Trinajstić information content (AvgIpc) is 2.35. The molecule has 0 saturated carbocycles. The second-order valence-corrected chi connectivity index (χ2v) is 4.32. The first-order valence-electron chi connectivity index (χ1n) is 6.06. The molecule has 2 aromatic rings. The molecule has 0 amide bonds. The number of fused-ring (bicyclic) bond motifs is 1. The van der Waals surface area contributed by atoms with Crippen LogP contribution in [-0.4, -0.2) is 0 Å². The van der Waals surface area contributed by atoms with Crippen LogP contribution in [0.25, 0.3) is 10.8 Å². The number of hydrogen-bond donors (Lipinski definition) is 1. The van der Waals surface area contributed by atoms with Gasteiger partial charge in [-0.05, 0) is 22.8 Å². The summed E-state index contributed by atoms with van der Waals surface area (Å²) in [5, 5.41) is 2.58. The maximum atomic E-state index is 6.25. The van der Waals surface area contributed by atoms with Crippen LogP contribution in [0.4, 0.5) is 0 Å². The van der Waals surface area contributed by atoms with Crippen molar-refractivity contribution >= 4 is 10.8 Å². The number of rotatable bonds is 4. The molecule has 0 heterocycles. The van der Waals surface area contributed by atoms with Crippen molar-refractivity contribution in [1.82, 2.24) is 0 Å². The smallest absolute Gasteiger partial charge is 0.0301 e. The van der Waals surface area contributed by atoms with Crippen molar-refractivity contribution in [3.05, 3.63) is 48.0 Å². The second kappa shape index (κ2) is 5.13. The van der Waals surface area contributed by atoms with E-state index < -0.39 is 0 Å². The van der Waals surface area contributed by atoms with Crippen LogP contribution in [0.15, 0.2) is 42.5 Å². The van der Waals surface area contributed by atoms with E-state index in [1.54, 1.807) is 0 Å². The molecule has 0 aliphatic rings. The van der Waals surface area contributed by atoms with Gasteiger partial charge in [0.1, 0.15) is 0 Å². The quantitative estimate of drug-likeness (QED) is 0.815. The molecule has 2 N–H and O–H groups in total. The SMILES string of the molecule is CCCC[C@@H](N)c1cccc2ccccc12. The molecule has 84 valence electrons. The summed E-state index contributed by atoms with van der Waals surface area (Å²) in [6.45, 7) is 2.20. The molecule has 1 heteroatoms. The normalized spacial score (nSPS) is 12.9. The molecular weight excluding hydrogens is 194 g/mol. The molecular formula is C15H19N. The van der Waals surface area contributed by atoms with E-state index in [2.05, 4.69) is 49.4 Å². The summed E-state index contributed by atoms with van der Waals surface area (Å²) in [6.07, 6.45) is 3.48. The van der Waals surface area contributed by atoms with Gasteiger partial charge in [-0.3, -0.25) is 0 Å². The van der Waals surface area contributed by atoms with E-state index in [0.717, 1.165) is 6.42 Å². The van der Waals surface area contributed by atoms with Crippen molar-refractivity contribution in [2.75, 3.05) is 0 Å². The Labute approximate surface area is 97.3 Å². The zero-order valence-electron chi connectivity index (χ0n) is 9.82. The predicted molar refractivity (Wildman–Crippen MR) is 70.4 cm³/mol. The molecule has 0 bridgehead atoms. The first kappa shape index (κ1) is 11.2. The molecule has 0 aliphatic heterocycles. The summed E-state index contributed by atoms with van der Waals surface area (Å²) in [5.41, 5.74) is 7.53. The molecule has 16 heavy (non-hydrogen) atoms. The molecule has 0 fully saturated rings. The van der Waals surface area contributed by atoms with E-state index >= 15 is 0 Å². The lowest BCUT2D eigenvalue weighted by atomic mass is 9.96. The van der Waals surface area contributed by atoms with Crippen molar-refractivity contribution in [3.8, 4) is 0 Å². The van der Waals surface area contributed by atoms with Crippen LogP contribution in [0.3, 0.4) is 0 Å². The Kier molecular flexibility index (Phi) is 3.58. The minimum absolute atomic E-state index is 0.172. The second-order valence-electron chi connectivity index (χ2n) is 4.32. The van der Waals surface area contributed by atoms with E-state index in [-0.39, 0.29) is 6.04 Å². The van der Waals surface area contributed by atoms with Crippen molar-refractivity contribution in [3.63, 3.8) is 0 Å². The highest BCUT2D eigenvalue weighted by molar-refractivity contribution is 5.86. The molecule has 1 atom stereocenters. The van der Waals surface area contributed by atoms with E-state index in [1.807, 2.05) is 0 Å². The van der Waals surface area contributed by atoms with Crippen LogP contribution in [0.2, 0.25) is 0 Å². The van der Waals surface area contributed by atoms with Crippen LogP contribution in [-0.2, 0) is 0 Å². The fourth-order valence-corrected chi connectivity index (χ4v) is 2.15. The Morgan fingerprint density at radius 1 is 1.06 bits per heavy atom. The Morgan fingerprint density at radius 3 is 2.62 bits per heavy atom. The number of benzene rings is 2. The Hall–Kier alpha value is -1.34. The van der Waals surface area contributed by atoms with Crippen molar-refractivity contribution in [2.45, 2.75) is 32.2 Å². The molecule has 0 radical (unpaired) electrons. The van der Waals surface area contributed by atoms with Gasteiger partial charge in [-0.2, -0.15) is 0 Å². The highest BCUT2D eigenvalue weighted by atomic mass is 14.6. The van der Waals surface area contributed by atoms with E-state index in [4.69, 9.17) is 5.73 Å². The third-order valence-corrected chi connectivity index (χ3v) is 3.09. The lowest BCUT2D eigenvalue weighted by molar-refractivity contribution is 0.607. The van der Waals surface area contributed by atoms with Crippen LogP contribution in [0.1, 0.15) is 37.8 Å². The summed E-state index contributed by atoms with van der Waals surface area (Å²) in [6, 6.07) is 15.0. The van der Waals surface area contributed by atoms with Crippen LogP contribution >= 0.6 is 0 Å². The van der Waals surface area contributed by atoms with Crippen LogP contribution < -0.4 is 5.73 Å². The number of nitrogens with two attached hydrogens (primary N) is 1. The lowest BCUT2D eigenvalue weighted by Gasteiger charge is -2.14. The van der Waals surface area contributed by atoms with Gasteiger partial charge >= 0.3 is 0 Å². The minimum atomic E-state index is 0.172. The van der Waals surface area contributed by atoms with Gasteiger partial charge in [-0.25, -0.2) is 0 Å². The highest BCUT2D eigenvalue weighted by Gasteiger charge is 2.08. The van der Waals surface area contributed by atoms with Crippen molar-refractivity contribution < 1.29 is 0 Å². The average molecular weight is 213 g/mol. The van der Waals surface area contributed by atoms with Gasteiger partial charge in [0.15, 0.2) is 0 Å². The molecule has 2 aromatic carbocycles. The summed E-state index contributed by atoms with van der Waals surface area (Å²) in [7, 11) is 0. The number of hydrogen-bond acceptors (Lipinski definition) is 1. The topological polar surface area (TPSA) is 26.0 Å². The first-order valence-corrected chi connectivity index (χ1v) is 6.06. The van der Waals surface area contributed by atoms with Crippen LogP contribution in [0, 0.1) is 0 Å². The summed E-state index contributed by atoms with van der Waals surface area (Å²) >= 11 is 0. The van der Waals surface area contributed by atoms with Gasteiger partial charge in [0.05, 0.1) is 0 Å². The van der Waals surface area contributed by atoms with E-state index in [0.29, 0.717) is 0 Å². The Bertz CT molecular complexity index is 456. The van der Waals surface area contributed by atoms with Crippen LogP contribution in [0.5, 0.6) is 0 Å². The molecule has 0 spiro atoms. The van der Waals surface area contributed by atoms with Gasteiger partial charge in [0.2, 0.25) is 0 Å². The predicted octanol–water partition coefficient (Wildman–Crippen LogP) is 4.03. The molecule has 0 saturated heterocycles. The first-order chi connectivity index (χ1) is 7.83. The maximum Gasteiger partial charge on any atom is 0.0301 e. The Balaban J connectivity index is 2.36. The van der Waals surface area contributed by atoms with Crippen molar-refractivity contribution in [2.24, 2.45) is 5.73 Å². The van der Waals surface area contributed by atoms with Gasteiger partial charge < -0.3 is 5.73 Å². The van der Waals surface area contributed by atoms with Crippen molar-refractivity contribution in [1.29, 1.82) is 0 Å². The molecule has 0 aliphatic carbocycles. The monoisotopic (exact) mass is 213 g/mol.